The van der Waals surface area contributed by atoms with E-state index < -0.39 is 0 Å². The standard InChI is InChI=1S/C42H26O/c1-2-8-27(9-3-1)38-24-28-10-4-5-11-29(28)25-39(38)34-17-20-36-33(23-34)15-14-32-22-30(16-19-35(32)36)31-18-21-42-40(26-31)37-12-6-7-13-41(37)43-42/h1-26H. The Bertz CT molecular complexity index is 2500. The summed E-state index contributed by atoms with van der Waals surface area (Å²) in [5.74, 6) is 0. The highest BCUT2D eigenvalue weighted by Gasteiger charge is 2.12. The summed E-state index contributed by atoms with van der Waals surface area (Å²) in [6.45, 7) is 0. The summed E-state index contributed by atoms with van der Waals surface area (Å²) < 4.78 is 6.06. The lowest BCUT2D eigenvalue weighted by Crippen LogP contribution is -1.88. The van der Waals surface area contributed by atoms with Crippen molar-refractivity contribution in [1.29, 1.82) is 0 Å². The van der Waals surface area contributed by atoms with Crippen LogP contribution in [0.1, 0.15) is 0 Å². The average Bonchev–Trinajstić information content (AvgIpc) is 3.45. The summed E-state index contributed by atoms with van der Waals surface area (Å²) in [6.07, 6.45) is 0. The number of rotatable bonds is 3. The maximum absolute atomic E-state index is 6.06. The molecular formula is C42H26O. The van der Waals surface area contributed by atoms with Crippen molar-refractivity contribution < 1.29 is 4.42 Å². The topological polar surface area (TPSA) is 13.1 Å². The van der Waals surface area contributed by atoms with Crippen LogP contribution in [-0.4, -0.2) is 0 Å². The minimum absolute atomic E-state index is 0.925. The Kier molecular flexibility index (Phi) is 5.27. The fraction of sp³-hybridized carbons (Fsp3) is 0. The zero-order valence-corrected chi connectivity index (χ0v) is 23.4. The molecule has 0 bridgehead atoms. The van der Waals surface area contributed by atoms with Crippen LogP contribution in [0, 0.1) is 0 Å². The summed E-state index contributed by atoms with van der Waals surface area (Å²) >= 11 is 0. The average molecular weight is 547 g/mol. The van der Waals surface area contributed by atoms with Crippen molar-refractivity contribution in [2.45, 2.75) is 0 Å². The van der Waals surface area contributed by atoms with Gasteiger partial charge in [-0.25, -0.2) is 0 Å². The number of furan rings is 1. The highest BCUT2D eigenvalue weighted by Crippen LogP contribution is 2.39. The molecular weight excluding hydrogens is 520 g/mol. The van der Waals surface area contributed by atoms with Crippen molar-refractivity contribution in [3.05, 3.63) is 158 Å². The lowest BCUT2D eigenvalue weighted by Gasteiger charge is -2.14. The Morgan fingerprint density at radius 2 is 0.837 bits per heavy atom. The van der Waals surface area contributed by atoms with Gasteiger partial charge in [0.25, 0.3) is 0 Å². The second-order valence-electron chi connectivity index (χ2n) is 11.4. The molecule has 0 spiro atoms. The number of hydrogen-bond acceptors (Lipinski definition) is 1. The van der Waals surface area contributed by atoms with Crippen molar-refractivity contribution in [3.63, 3.8) is 0 Å². The van der Waals surface area contributed by atoms with E-state index >= 15 is 0 Å². The van der Waals surface area contributed by atoms with E-state index in [1.165, 1.54) is 65.7 Å². The van der Waals surface area contributed by atoms with E-state index in [0.717, 1.165) is 21.9 Å². The summed E-state index contributed by atoms with van der Waals surface area (Å²) in [6, 6.07) is 57.0. The molecule has 200 valence electrons. The molecule has 1 nitrogen and oxygen atoms in total. The third-order valence-electron chi connectivity index (χ3n) is 8.83. The molecule has 0 aliphatic rings. The SMILES string of the molecule is c1ccc(-c2cc3ccccc3cc2-c2ccc3c(ccc4cc(-c5ccc6oc7ccccc7c6c5)ccc43)c2)cc1. The molecule has 0 aliphatic carbocycles. The first-order valence-corrected chi connectivity index (χ1v) is 14.8. The smallest absolute Gasteiger partial charge is 0.135 e. The fourth-order valence-electron chi connectivity index (χ4n) is 6.66. The normalized spacial score (nSPS) is 11.7. The van der Waals surface area contributed by atoms with E-state index in [-0.39, 0.29) is 0 Å². The highest BCUT2D eigenvalue weighted by molar-refractivity contribution is 6.11. The van der Waals surface area contributed by atoms with Crippen molar-refractivity contribution in [2.75, 3.05) is 0 Å². The van der Waals surface area contributed by atoms with E-state index in [1.54, 1.807) is 0 Å². The van der Waals surface area contributed by atoms with Crippen molar-refractivity contribution in [3.8, 4) is 33.4 Å². The zero-order chi connectivity index (χ0) is 28.3. The minimum atomic E-state index is 0.925. The van der Waals surface area contributed by atoms with Crippen LogP contribution in [-0.2, 0) is 0 Å². The fourth-order valence-corrected chi connectivity index (χ4v) is 6.66. The Balaban J connectivity index is 1.16. The Morgan fingerprint density at radius 1 is 0.279 bits per heavy atom. The van der Waals surface area contributed by atoms with Gasteiger partial charge in [0.2, 0.25) is 0 Å². The lowest BCUT2D eigenvalue weighted by atomic mass is 9.90. The number of hydrogen-bond donors (Lipinski definition) is 0. The van der Waals surface area contributed by atoms with E-state index in [2.05, 4.69) is 146 Å². The molecule has 0 atom stereocenters. The van der Waals surface area contributed by atoms with Gasteiger partial charge in [0.1, 0.15) is 11.2 Å². The largest absolute Gasteiger partial charge is 0.456 e. The quantitative estimate of drug-likeness (QED) is 0.201. The van der Waals surface area contributed by atoms with Gasteiger partial charge < -0.3 is 4.42 Å². The number of para-hydroxylation sites is 1. The summed E-state index contributed by atoms with van der Waals surface area (Å²) in [4.78, 5) is 0. The molecule has 0 saturated carbocycles. The van der Waals surface area contributed by atoms with Crippen LogP contribution >= 0.6 is 0 Å². The minimum Gasteiger partial charge on any atom is -0.456 e. The molecule has 0 fully saturated rings. The summed E-state index contributed by atoms with van der Waals surface area (Å²) in [5, 5.41) is 9.85. The summed E-state index contributed by atoms with van der Waals surface area (Å²) in [5.41, 5.74) is 9.23. The molecule has 1 heterocycles. The molecule has 0 N–H and O–H groups in total. The summed E-state index contributed by atoms with van der Waals surface area (Å²) in [7, 11) is 0. The molecule has 9 rings (SSSR count). The lowest BCUT2D eigenvalue weighted by molar-refractivity contribution is 0.669. The van der Waals surface area contributed by atoms with Gasteiger partial charge in [0, 0.05) is 10.8 Å². The van der Waals surface area contributed by atoms with E-state index in [9.17, 15) is 0 Å². The van der Waals surface area contributed by atoms with Crippen LogP contribution in [0.5, 0.6) is 0 Å². The highest BCUT2D eigenvalue weighted by atomic mass is 16.3. The van der Waals surface area contributed by atoms with Gasteiger partial charge >= 0.3 is 0 Å². The predicted molar refractivity (Wildman–Crippen MR) is 183 cm³/mol. The molecule has 1 aromatic heterocycles. The van der Waals surface area contributed by atoms with Gasteiger partial charge in [0.05, 0.1) is 0 Å². The maximum atomic E-state index is 6.06. The molecule has 43 heavy (non-hydrogen) atoms. The molecule has 0 radical (unpaired) electrons. The Hall–Kier alpha value is -5.66. The Morgan fingerprint density at radius 3 is 1.60 bits per heavy atom. The van der Waals surface area contributed by atoms with Crippen molar-refractivity contribution in [1.82, 2.24) is 0 Å². The van der Waals surface area contributed by atoms with E-state index in [0.29, 0.717) is 0 Å². The first-order chi connectivity index (χ1) is 21.3. The Labute approximate surface area is 249 Å². The molecule has 1 heteroatoms. The second-order valence-corrected chi connectivity index (χ2v) is 11.4. The molecule has 0 amide bonds. The van der Waals surface area contributed by atoms with Gasteiger partial charge in [0.15, 0.2) is 0 Å². The maximum Gasteiger partial charge on any atom is 0.135 e. The third-order valence-corrected chi connectivity index (χ3v) is 8.83. The number of fused-ring (bicyclic) bond motifs is 7. The third kappa shape index (κ3) is 3.94. The monoisotopic (exact) mass is 546 g/mol. The van der Waals surface area contributed by atoms with Gasteiger partial charge in [-0.2, -0.15) is 0 Å². The first-order valence-electron chi connectivity index (χ1n) is 14.8. The molecule has 0 saturated heterocycles. The van der Waals surface area contributed by atoms with Gasteiger partial charge in [-0.1, -0.05) is 115 Å². The molecule has 9 aromatic rings. The second kappa shape index (κ2) is 9.44. The van der Waals surface area contributed by atoms with Gasteiger partial charge in [-0.15, -0.1) is 0 Å². The van der Waals surface area contributed by atoms with Crippen molar-refractivity contribution >= 4 is 54.3 Å². The van der Waals surface area contributed by atoms with Crippen LogP contribution in [0.3, 0.4) is 0 Å². The molecule has 0 aliphatic heterocycles. The van der Waals surface area contributed by atoms with E-state index in [4.69, 9.17) is 4.42 Å². The van der Waals surface area contributed by atoms with E-state index in [1.807, 2.05) is 12.1 Å². The van der Waals surface area contributed by atoms with Crippen LogP contribution < -0.4 is 0 Å². The predicted octanol–water partition coefficient (Wildman–Crippen LogP) is 12.0. The van der Waals surface area contributed by atoms with Crippen LogP contribution in [0.25, 0.3) is 87.6 Å². The number of benzene rings is 8. The zero-order valence-electron chi connectivity index (χ0n) is 23.4. The van der Waals surface area contributed by atoms with Crippen LogP contribution in [0.2, 0.25) is 0 Å². The molecule has 0 unspecified atom stereocenters. The van der Waals surface area contributed by atoms with Gasteiger partial charge in [-0.05, 0) is 108 Å². The van der Waals surface area contributed by atoms with Crippen LogP contribution in [0.4, 0.5) is 0 Å². The van der Waals surface area contributed by atoms with Crippen molar-refractivity contribution in [2.24, 2.45) is 0 Å². The molecule has 8 aromatic carbocycles. The first kappa shape index (κ1) is 24.0. The van der Waals surface area contributed by atoms with Crippen LogP contribution in [0.15, 0.2) is 162 Å². The van der Waals surface area contributed by atoms with Gasteiger partial charge in [-0.3, -0.25) is 0 Å².